The molecule has 1 atom stereocenters. The molecule has 0 aliphatic heterocycles. The van der Waals surface area contributed by atoms with Crippen LogP contribution in [0.25, 0.3) is 0 Å². The predicted molar refractivity (Wildman–Crippen MR) is 79.8 cm³/mol. The Morgan fingerprint density at radius 3 is 2.70 bits per heavy atom. The second-order valence-electron chi connectivity index (χ2n) is 4.49. The summed E-state index contributed by atoms with van der Waals surface area (Å²) in [4.78, 5) is 0. The number of benzene rings is 1. The second kappa shape index (κ2) is 6.57. The van der Waals surface area contributed by atoms with E-state index in [1.165, 1.54) is 12.1 Å². The first-order chi connectivity index (χ1) is 9.58. The quantitative estimate of drug-likeness (QED) is 0.902. The highest BCUT2D eigenvalue weighted by atomic mass is 35.5. The summed E-state index contributed by atoms with van der Waals surface area (Å²) in [6, 6.07) is 4.12. The lowest BCUT2D eigenvalue weighted by molar-refractivity contribution is 0.534. The number of hydrogen-bond donors (Lipinski definition) is 1. The maximum absolute atomic E-state index is 13.2. The molecule has 1 aromatic heterocycles. The summed E-state index contributed by atoms with van der Waals surface area (Å²) >= 11 is 12.4. The van der Waals surface area contributed by atoms with Gasteiger partial charge in [0.1, 0.15) is 5.82 Å². The molecule has 2 aromatic rings. The van der Waals surface area contributed by atoms with Crippen molar-refractivity contribution in [2.24, 2.45) is 0 Å². The van der Waals surface area contributed by atoms with Crippen LogP contribution in [-0.4, -0.2) is 16.8 Å². The lowest BCUT2D eigenvalue weighted by Crippen LogP contribution is -2.22. The van der Waals surface area contributed by atoms with Gasteiger partial charge in [-0.25, -0.2) is 4.39 Å². The summed E-state index contributed by atoms with van der Waals surface area (Å²) in [6.07, 6.45) is 2.56. The molecule has 1 N–H and O–H groups in total. The van der Waals surface area contributed by atoms with Gasteiger partial charge in [0.15, 0.2) is 0 Å². The van der Waals surface area contributed by atoms with E-state index in [-0.39, 0.29) is 11.9 Å². The first-order valence-corrected chi connectivity index (χ1v) is 7.17. The molecule has 0 amide bonds. The summed E-state index contributed by atoms with van der Waals surface area (Å²) in [6.45, 7) is 2.83. The van der Waals surface area contributed by atoms with E-state index in [1.54, 1.807) is 12.3 Å². The highest BCUT2D eigenvalue weighted by molar-refractivity contribution is 6.32. The van der Waals surface area contributed by atoms with Gasteiger partial charge in [0.2, 0.25) is 0 Å². The summed E-state index contributed by atoms with van der Waals surface area (Å²) in [7, 11) is 1.81. The van der Waals surface area contributed by atoms with Crippen LogP contribution in [-0.2, 0) is 6.54 Å². The largest absolute Gasteiger partial charge is 0.308 e. The van der Waals surface area contributed by atoms with Gasteiger partial charge in [0.05, 0.1) is 23.0 Å². The van der Waals surface area contributed by atoms with Crippen LogP contribution >= 0.6 is 23.2 Å². The molecule has 1 aromatic carbocycles. The second-order valence-corrected chi connectivity index (χ2v) is 5.30. The maximum atomic E-state index is 13.2. The van der Waals surface area contributed by atoms with Crippen molar-refractivity contribution >= 4 is 23.2 Å². The van der Waals surface area contributed by atoms with Crippen molar-refractivity contribution in [3.8, 4) is 0 Å². The Morgan fingerprint density at radius 2 is 2.10 bits per heavy atom. The average Bonchev–Trinajstić information content (AvgIpc) is 2.75. The van der Waals surface area contributed by atoms with Gasteiger partial charge in [-0.1, -0.05) is 36.2 Å². The first-order valence-electron chi connectivity index (χ1n) is 6.41. The number of nitrogens with one attached hydrogen (secondary N) is 1. The van der Waals surface area contributed by atoms with Crippen molar-refractivity contribution in [1.29, 1.82) is 0 Å². The van der Waals surface area contributed by atoms with Gasteiger partial charge in [0.25, 0.3) is 0 Å². The van der Waals surface area contributed by atoms with Gasteiger partial charge < -0.3 is 5.32 Å². The number of rotatable bonds is 5. The minimum absolute atomic E-state index is 0.232. The van der Waals surface area contributed by atoms with Gasteiger partial charge in [0, 0.05) is 11.6 Å². The van der Waals surface area contributed by atoms with E-state index < -0.39 is 0 Å². The number of hydrogen-bond acceptors (Lipinski definition) is 2. The summed E-state index contributed by atoms with van der Waals surface area (Å²) < 4.78 is 15.0. The van der Waals surface area contributed by atoms with Gasteiger partial charge in [-0.15, -0.1) is 0 Å². The van der Waals surface area contributed by atoms with Crippen molar-refractivity contribution in [3.63, 3.8) is 0 Å². The molecule has 0 bridgehead atoms. The summed E-state index contributed by atoms with van der Waals surface area (Å²) in [5, 5.41) is 8.38. The molecule has 2 rings (SSSR count). The van der Waals surface area contributed by atoms with Crippen LogP contribution in [0.5, 0.6) is 0 Å². The highest BCUT2D eigenvalue weighted by Gasteiger charge is 2.22. The lowest BCUT2D eigenvalue weighted by Gasteiger charge is -2.20. The van der Waals surface area contributed by atoms with Gasteiger partial charge in [-0.2, -0.15) is 5.10 Å². The Kier molecular flexibility index (Phi) is 5.02. The molecule has 108 valence electrons. The number of aromatic nitrogens is 2. The van der Waals surface area contributed by atoms with E-state index in [1.807, 2.05) is 11.7 Å². The third kappa shape index (κ3) is 2.97. The van der Waals surface area contributed by atoms with Crippen LogP contribution in [0, 0.1) is 5.82 Å². The molecule has 1 heterocycles. The smallest absolute Gasteiger partial charge is 0.124 e. The Labute approximate surface area is 127 Å². The first kappa shape index (κ1) is 15.3. The minimum atomic E-state index is -0.359. The minimum Gasteiger partial charge on any atom is -0.308 e. The Hall–Kier alpha value is -1.10. The zero-order valence-electron chi connectivity index (χ0n) is 11.3. The standard InChI is InChI=1S/C14H16Cl2FN3/c1-3-6-20-14(12(16)8-19-20)13(18-2)10-5-4-9(17)7-11(10)15/h4-5,7-8,13,18H,3,6H2,1-2H3. The van der Waals surface area contributed by atoms with Crippen LogP contribution in [0.3, 0.4) is 0 Å². The summed E-state index contributed by atoms with van der Waals surface area (Å²) in [5.41, 5.74) is 1.61. The molecule has 6 heteroatoms. The fourth-order valence-electron chi connectivity index (χ4n) is 2.22. The molecule has 1 unspecified atom stereocenters. The van der Waals surface area contributed by atoms with Gasteiger partial charge in [-0.05, 0) is 31.2 Å². The molecule has 0 fully saturated rings. The van der Waals surface area contributed by atoms with E-state index in [9.17, 15) is 4.39 Å². The fraction of sp³-hybridized carbons (Fsp3) is 0.357. The monoisotopic (exact) mass is 315 g/mol. The molecule has 0 radical (unpaired) electrons. The van der Waals surface area contributed by atoms with E-state index in [0.717, 1.165) is 24.2 Å². The number of aryl methyl sites for hydroxylation is 1. The third-order valence-corrected chi connectivity index (χ3v) is 3.72. The lowest BCUT2D eigenvalue weighted by atomic mass is 10.0. The third-order valence-electron chi connectivity index (χ3n) is 3.10. The van der Waals surface area contributed by atoms with E-state index in [0.29, 0.717) is 10.0 Å². The van der Waals surface area contributed by atoms with Crippen molar-refractivity contribution in [2.45, 2.75) is 25.9 Å². The van der Waals surface area contributed by atoms with Crippen molar-refractivity contribution in [3.05, 3.63) is 51.5 Å². The van der Waals surface area contributed by atoms with Crippen LogP contribution < -0.4 is 5.32 Å². The molecule has 20 heavy (non-hydrogen) atoms. The van der Waals surface area contributed by atoms with Crippen LogP contribution in [0.2, 0.25) is 10.0 Å². The molecule has 0 spiro atoms. The fourth-order valence-corrected chi connectivity index (χ4v) is 2.75. The van der Waals surface area contributed by atoms with Crippen molar-refractivity contribution in [1.82, 2.24) is 15.1 Å². The van der Waals surface area contributed by atoms with Crippen molar-refractivity contribution in [2.75, 3.05) is 7.05 Å². The normalized spacial score (nSPS) is 12.7. The molecular formula is C14H16Cl2FN3. The van der Waals surface area contributed by atoms with Crippen LogP contribution in [0.15, 0.2) is 24.4 Å². The average molecular weight is 316 g/mol. The zero-order valence-corrected chi connectivity index (χ0v) is 12.8. The Bertz CT molecular complexity index is 598. The topological polar surface area (TPSA) is 29.9 Å². The Morgan fingerprint density at radius 1 is 1.35 bits per heavy atom. The van der Waals surface area contributed by atoms with E-state index in [4.69, 9.17) is 23.2 Å². The van der Waals surface area contributed by atoms with Gasteiger partial charge in [-0.3, -0.25) is 4.68 Å². The number of nitrogens with zero attached hydrogens (tertiary/aromatic N) is 2. The molecule has 0 saturated heterocycles. The molecule has 3 nitrogen and oxygen atoms in total. The Balaban J connectivity index is 2.49. The summed E-state index contributed by atoms with van der Waals surface area (Å²) in [5.74, 6) is -0.359. The van der Waals surface area contributed by atoms with Crippen LogP contribution in [0.4, 0.5) is 4.39 Å². The van der Waals surface area contributed by atoms with E-state index >= 15 is 0 Å². The van der Waals surface area contributed by atoms with Gasteiger partial charge >= 0.3 is 0 Å². The highest BCUT2D eigenvalue weighted by Crippen LogP contribution is 2.32. The van der Waals surface area contributed by atoms with E-state index in [2.05, 4.69) is 17.3 Å². The maximum Gasteiger partial charge on any atom is 0.124 e. The molecule has 0 aliphatic carbocycles. The SMILES string of the molecule is CCCn1ncc(Cl)c1C(NC)c1ccc(F)cc1Cl. The molecule has 0 aliphatic rings. The van der Waals surface area contributed by atoms with Crippen molar-refractivity contribution < 1.29 is 4.39 Å². The van der Waals surface area contributed by atoms with Crippen LogP contribution in [0.1, 0.15) is 30.6 Å². The molecular weight excluding hydrogens is 300 g/mol. The molecule has 0 saturated carbocycles. The number of halogens is 3. The zero-order chi connectivity index (χ0) is 14.7. The predicted octanol–water partition coefficient (Wildman–Crippen LogP) is 4.05.